The number of nitro benzene ring substituents is 1. The van der Waals surface area contributed by atoms with Crippen molar-refractivity contribution in [3.63, 3.8) is 0 Å². The van der Waals surface area contributed by atoms with Crippen LogP contribution in [0.15, 0.2) is 18.2 Å². The molecule has 1 fully saturated rings. The second kappa shape index (κ2) is 8.40. The number of carbonyl (C=O) groups is 1. The van der Waals surface area contributed by atoms with Gasteiger partial charge in [0.25, 0.3) is 5.69 Å². The monoisotopic (exact) mass is 349 g/mol. The van der Waals surface area contributed by atoms with E-state index < -0.39 is 5.97 Å². The Morgan fingerprint density at radius 3 is 2.60 bits per heavy atom. The van der Waals surface area contributed by atoms with E-state index in [1.807, 2.05) is 24.8 Å². The fourth-order valence-electron chi connectivity index (χ4n) is 3.70. The second-order valence-corrected chi connectivity index (χ2v) is 6.70. The summed E-state index contributed by atoms with van der Waals surface area (Å²) in [5, 5.41) is 20.1. The van der Waals surface area contributed by atoms with Gasteiger partial charge in [0.2, 0.25) is 0 Å². The maximum atomic E-state index is 11.0. The quantitative estimate of drug-likeness (QED) is 0.602. The Morgan fingerprint density at radius 2 is 2.08 bits per heavy atom. The summed E-state index contributed by atoms with van der Waals surface area (Å²) in [6, 6.07) is 5.42. The van der Waals surface area contributed by atoms with E-state index in [0.717, 1.165) is 43.6 Å². The fraction of sp³-hybridized carbons (Fsp3) is 0.611. The molecule has 1 aromatic carbocycles. The lowest BCUT2D eigenvalue weighted by Crippen LogP contribution is -2.47. The van der Waals surface area contributed by atoms with Crippen LogP contribution in [0.25, 0.3) is 0 Å². The zero-order valence-corrected chi connectivity index (χ0v) is 15.1. The van der Waals surface area contributed by atoms with Gasteiger partial charge in [-0.3, -0.25) is 24.7 Å². The number of benzene rings is 1. The first-order valence-electron chi connectivity index (χ1n) is 8.78. The van der Waals surface area contributed by atoms with Crippen LogP contribution < -0.4 is 0 Å². The maximum absolute atomic E-state index is 11.0. The van der Waals surface area contributed by atoms with Crippen LogP contribution in [0.4, 0.5) is 5.69 Å². The number of non-ortho nitro benzene ring substituents is 1. The van der Waals surface area contributed by atoms with Crippen LogP contribution in [0.1, 0.15) is 43.9 Å². The molecule has 1 aromatic rings. The highest BCUT2D eigenvalue weighted by Crippen LogP contribution is 2.30. The molecule has 1 aliphatic rings. The summed E-state index contributed by atoms with van der Waals surface area (Å²) < 4.78 is 0. The summed E-state index contributed by atoms with van der Waals surface area (Å²) >= 11 is 0. The number of carboxylic acid groups (broad SMARTS) is 1. The third-order valence-corrected chi connectivity index (χ3v) is 5.23. The molecule has 1 unspecified atom stereocenters. The van der Waals surface area contributed by atoms with Gasteiger partial charge in [0.1, 0.15) is 0 Å². The lowest BCUT2D eigenvalue weighted by Gasteiger charge is -2.40. The number of hydrogen-bond acceptors (Lipinski definition) is 5. The number of nitrogens with zero attached hydrogens (tertiary/aromatic N) is 3. The zero-order chi connectivity index (χ0) is 18.6. The van der Waals surface area contributed by atoms with Crippen molar-refractivity contribution in [3.05, 3.63) is 39.4 Å². The largest absolute Gasteiger partial charge is 0.480 e. The number of hydrogen-bond donors (Lipinski definition) is 1. The molecule has 0 amide bonds. The predicted octanol–water partition coefficient (Wildman–Crippen LogP) is 2.84. The summed E-state index contributed by atoms with van der Waals surface area (Å²) in [5.41, 5.74) is 2.17. The molecular formula is C18H27N3O4. The van der Waals surface area contributed by atoms with E-state index in [0.29, 0.717) is 0 Å². The van der Waals surface area contributed by atoms with Crippen molar-refractivity contribution in [1.82, 2.24) is 9.80 Å². The zero-order valence-electron chi connectivity index (χ0n) is 15.1. The van der Waals surface area contributed by atoms with Crippen molar-refractivity contribution in [1.29, 1.82) is 0 Å². The van der Waals surface area contributed by atoms with Gasteiger partial charge in [-0.25, -0.2) is 0 Å². The van der Waals surface area contributed by atoms with E-state index in [4.69, 9.17) is 5.11 Å². The first-order valence-corrected chi connectivity index (χ1v) is 8.78. The van der Waals surface area contributed by atoms with Crippen LogP contribution in [0, 0.1) is 17.0 Å². The highest BCUT2D eigenvalue weighted by Gasteiger charge is 2.28. The minimum Gasteiger partial charge on any atom is -0.480 e. The summed E-state index contributed by atoms with van der Waals surface area (Å²) in [7, 11) is 0. The molecule has 0 aromatic heterocycles. The molecule has 138 valence electrons. The molecule has 7 nitrogen and oxygen atoms in total. The molecule has 0 spiro atoms. The minimum absolute atomic E-state index is 0.0840. The summed E-state index contributed by atoms with van der Waals surface area (Å²) in [6.07, 6.45) is 1.83. The van der Waals surface area contributed by atoms with Gasteiger partial charge in [-0.15, -0.1) is 0 Å². The number of likely N-dealkylation sites (tertiary alicyclic amines) is 1. The smallest absolute Gasteiger partial charge is 0.317 e. The summed E-state index contributed by atoms with van der Waals surface area (Å²) in [5.74, 6) is -0.787. The van der Waals surface area contributed by atoms with Gasteiger partial charge < -0.3 is 5.11 Å². The SMILES string of the molecule is CCN(CC(=O)O)C1CCN(C(C)c2cc([N+](=O)[O-])ccc2C)CC1. The molecule has 1 atom stereocenters. The molecule has 1 saturated heterocycles. The number of carboxylic acids is 1. The minimum atomic E-state index is -0.787. The van der Waals surface area contributed by atoms with Gasteiger partial charge in [0.05, 0.1) is 11.5 Å². The van der Waals surface area contributed by atoms with E-state index >= 15 is 0 Å². The van der Waals surface area contributed by atoms with Crippen LogP contribution in [0.2, 0.25) is 0 Å². The van der Waals surface area contributed by atoms with Crippen molar-refractivity contribution < 1.29 is 14.8 Å². The van der Waals surface area contributed by atoms with Crippen LogP contribution >= 0.6 is 0 Å². The Morgan fingerprint density at radius 1 is 1.44 bits per heavy atom. The van der Waals surface area contributed by atoms with E-state index in [1.54, 1.807) is 12.1 Å². The lowest BCUT2D eigenvalue weighted by atomic mass is 9.96. The summed E-state index contributed by atoms with van der Waals surface area (Å²) in [4.78, 5) is 26.0. The predicted molar refractivity (Wildman–Crippen MR) is 95.7 cm³/mol. The van der Waals surface area contributed by atoms with E-state index in [1.165, 1.54) is 0 Å². The van der Waals surface area contributed by atoms with Crippen molar-refractivity contribution in [2.45, 2.75) is 45.7 Å². The molecule has 1 aliphatic heterocycles. The van der Waals surface area contributed by atoms with E-state index in [2.05, 4.69) is 11.8 Å². The maximum Gasteiger partial charge on any atom is 0.317 e. The number of rotatable bonds is 7. The second-order valence-electron chi connectivity index (χ2n) is 6.70. The molecule has 0 bridgehead atoms. The molecule has 25 heavy (non-hydrogen) atoms. The van der Waals surface area contributed by atoms with Crippen molar-refractivity contribution in [3.8, 4) is 0 Å². The number of piperidine rings is 1. The molecule has 0 aliphatic carbocycles. The first kappa shape index (κ1) is 19.3. The van der Waals surface area contributed by atoms with Crippen molar-refractivity contribution >= 4 is 11.7 Å². The average molecular weight is 349 g/mol. The van der Waals surface area contributed by atoms with Crippen LogP contribution in [-0.4, -0.2) is 58.0 Å². The highest BCUT2D eigenvalue weighted by atomic mass is 16.6. The Kier molecular flexibility index (Phi) is 6.50. The molecule has 7 heteroatoms. The molecule has 0 radical (unpaired) electrons. The number of likely N-dealkylation sites (N-methyl/N-ethyl adjacent to an activating group) is 1. The molecular weight excluding hydrogens is 322 g/mol. The lowest BCUT2D eigenvalue weighted by molar-refractivity contribution is -0.385. The topological polar surface area (TPSA) is 86.9 Å². The first-order chi connectivity index (χ1) is 11.8. The van der Waals surface area contributed by atoms with Crippen LogP contribution in [-0.2, 0) is 4.79 Å². The van der Waals surface area contributed by atoms with Gasteiger partial charge in [-0.05, 0) is 44.4 Å². The van der Waals surface area contributed by atoms with E-state index in [9.17, 15) is 14.9 Å². The average Bonchev–Trinajstić information content (AvgIpc) is 2.59. The van der Waals surface area contributed by atoms with Crippen molar-refractivity contribution in [2.75, 3.05) is 26.2 Å². The van der Waals surface area contributed by atoms with Crippen molar-refractivity contribution in [2.24, 2.45) is 0 Å². The number of aliphatic carboxylic acids is 1. The summed E-state index contributed by atoms with van der Waals surface area (Å²) in [6.45, 7) is 8.60. The Balaban J connectivity index is 2.04. The normalized spacial score (nSPS) is 17.6. The Bertz CT molecular complexity index is 627. The standard InChI is InChI=1S/C18H27N3O4/c1-4-19(12-18(22)23)15-7-9-20(10-8-15)14(3)17-11-16(21(24)25)6-5-13(17)2/h5-6,11,14-15H,4,7-10,12H2,1-3H3,(H,22,23). The number of nitro groups is 1. The highest BCUT2D eigenvalue weighted by molar-refractivity contribution is 5.69. The fourth-order valence-corrected chi connectivity index (χ4v) is 3.70. The van der Waals surface area contributed by atoms with E-state index in [-0.39, 0.29) is 29.2 Å². The third kappa shape index (κ3) is 4.76. The van der Waals surface area contributed by atoms with Gasteiger partial charge in [0.15, 0.2) is 0 Å². The van der Waals surface area contributed by atoms with Crippen LogP contribution in [0.5, 0.6) is 0 Å². The van der Waals surface area contributed by atoms with Gasteiger partial charge >= 0.3 is 5.97 Å². The molecule has 1 N–H and O–H groups in total. The molecule has 2 rings (SSSR count). The third-order valence-electron chi connectivity index (χ3n) is 5.23. The Hall–Kier alpha value is -1.99. The van der Waals surface area contributed by atoms with Gasteiger partial charge in [-0.1, -0.05) is 13.0 Å². The Labute approximate surface area is 148 Å². The van der Waals surface area contributed by atoms with Gasteiger partial charge in [-0.2, -0.15) is 0 Å². The van der Waals surface area contributed by atoms with Gasteiger partial charge in [0, 0.05) is 37.3 Å². The number of aryl methyl sites for hydroxylation is 1. The van der Waals surface area contributed by atoms with Crippen LogP contribution in [0.3, 0.4) is 0 Å². The molecule has 1 heterocycles. The molecule has 0 saturated carbocycles.